The Labute approximate surface area is 155 Å². The van der Waals surface area contributed by atoms with Crippen molar-refractivity contribution in [2.24, 2.45) is 0 Å². The summed E-state index contributed by atoms with van der Waals surface area (Å²) in [6, 6.07) is 8.70. The Bertz CT molecular complexity index is 975. The van der Waals surface area contributed by atoms with Crippen LogP contribution in [0.3, 0.4) is 0 Å². The molecule has 134 valence electrons. The summed E-state index contributed by atoms with van der Waals surface area (Å²) in [6.45, 7) is 1.99. The van der Waals surface area contributed by atoms with E-state index in [1.54, 1.807) is 44.4 Å². The molecule has 0 aliphatic rings. The van der Waals surface area contributed by atoms with Gasteiger partial charge in [-0.15, -0.1) is 0 Å². The molecule has 6 nitrogen and oxygen atoms in total. The van der Waals surface area contributed by atoms with E-state index in [9.17, 15) is 4.79 Å². The number of esters is 1. The molecule has 0 N–H and O–H groups in total. The number of aromatic nitrogens is 2. The van der Waals surface area contributed by atoms with E-state index in [4.69, 9.17) is 25.8 Å². The highest BCUT2D eigenvalue weighted by molar-refractivity contribution is 6.34. The van der Waals surface area contributed by atoms with Gasteiger partial charge in [-0.1, -0.05) is 11.6 Å². The summed E-state index contributed by atoms with van der Waals surface area (Å²) in [4.78, 5) is 21.3. The molecular formula is C19H17ClN2O4. The molecule has 0 fully saturated rings. The van der Waals surface area contributed by atoms with E-state index in [-0.39, 0.29) is 12.2 Å². The van der Waals surface area contributed by atoms with Gasteiger partial charge in [0.15, 0.2) is 0 Å². The average molecular weight is 373 g/mol. The number of fused-ring (bicyclic) bond motifs is 1. The zero-order valence-corrected chi connectivity index (χ0v) is 15.3. The zero-order valence-electron chi connectivity index (χ0n) is 14.6. The summed E-state index contributed by atoms with van der Waals surface area (Å²) in [7, 11) is 3.08. The Morgan fingerprint density at radius 3 is 2.62 bits per heavy atom. The molecule has 1 aromatic carbocycles. The minimum Gasteiger partial charge on any atom is -0.497 e. The SMILES string of the molecule is CCOC(=O)c1cnc2ccc(OC)nc2c1-c1ccc(OC)cc1Cl. The van der Waals surface area contributed by atoms with Crippen molar-refractivity contribution in [2.75, 3.05) is 20.8 Å². The van der Waals surface area contributed by atoms with Gasteiger partial charge in [0.25, 0.3) is 0 Å². The van der Waals surface area contributed by atoms with Crippen molar-refractivity contribution in [3.8, 4) is 22.8 Å². The van der Waals surface area contributed by atoms with Gasteiger partial charge in [-0.05, 0) is 31.2 Å². The van der Waals surface area contributed by atoms with E-state index in [2.05, 4.69) is 9.97 Å². The molecule has 0 amide bonds. The number of hydrogen-bond acceptors (Lipinski definition) is 6. The van der Waals surface area contributed by atoms with E-state index >= 15 is 0 Å². The second kappa shape index (κ2) is 7.58. The van der Waals surface area contributed by atoms with Crippen LogP contribution in [0, 0.1) is 0 Å². The third kappa shape index (κ3) is 3.28. The van der Waals surface area contributed by atoms with Crippen molar-refractivity contribution in [2.45, 2.75) is 6.92 Å². The lowest BCUT2D eigenvalue weighted by molar-refractivity contribution is 0.0527. The van der Waals surface area contributed by atoms with Crippen molar-refractivity contribution >= 4 is 28.6 Å². The number of hydrogen-bond donors (Lipinski definition) is 0. The standard InChI is InChI=1S/C19H17ClN2O4/c1-4-26-19(23)13-10-21-15-7-8-16(25-3)22-18(15)17(13)12-6-5-11(24-2)9-14(12)20/h5-10H,4H2,1-3H3. The topological polar surface area (TPSA) is 70.5 Å². The number of ether oxygens (including phenoxy) is 3. The molecule has 7 heteroatoms. The molecule has 26 heavy (non-hydrogen) atoms. The van der Waals surface area contributed by atoms with Crippen LogP contribution in [0.15, 0.2) is 36.5 Å². The molecule has 0 aliphatic carbocycles. The van der Waals surface area contributed by atoms with Gasteiger partial charge in [-0.3, -0.25) is 4.98 Å². The van der Waals surface area contributed by atoms with Crippen LogP contribution in [0.5, 0.6) is 11.6 Å². The first-order chi connectivity index (χ1) is 12.6. The molecule has 0 aliphatic heterocycles. The van der Waals surface area contributed by atoms with Crippen LogP contribution in [-0.4, -0.2) is 36.8 Å². The number of halogens is 1. The van der Waals surface area contributed by atoms with E-state index < -0.39 is 5.97 Å². The minimum absolute atomic E-state index is 0.248. The second-order valence-electron chi connectivity index (χ2n) is 5.33. The largest absolute Gasteiger partial charge is 0.497 e. The maximum Gasteiger partial charge on any atom is 0.340 e. The van der Waals surface area contributed by atoms with Gasteiger partial charge in [0, 0.05) is 23.4 Å². The normalized spacial score (nSPS) is 10.6. The maximum absolute atomic E-state index is 12.5. The Hall–Kier alpha value is -2.86. The number of carbonyl (C=O) groups excluding carboxylic acids is 1. The van der Waals surface area contributed by atoms with Crippen molar-refractivity contribution < 1.29 is 19.0 Å². The molecule has 2 aromatic heterocycles. The van der Waals surface area contributed by atoms with Crippen molar-refractivity contribution in [1.82, 2.24) is 9.97 Å². The third-order valence-electron chi connectivity index (χ3n) is 3.84. The fraction of sp³-hybridized carbons (Fsp3) is 0.211. The van der Waals surface area contributed by atoms with Gasteiger partial charge < -0.3 is 14.2 Å². The Morgan fingerprint density at radius 1 is 1.15 bits per heavy atom. The fourth-order valence-corrected chi connectivity index (χ4v) is 2.89. The molecule has 0 bridgehead atoms. The molecule has 0 atom stereocenters. The number of nitrogens with zero attached hydrogens (tertiary/aromatic N) is 2. The lowest BCUT2D eigenvalue weighted by Gasteiger charge is -2.14. The highest BCUT2D eigenvalue weighted by Gasteiger charge is 2.21. The molecule has 2 heterocycles. The van der Waals surface area contributed by atoms with Crippen LogP contribution in [-0.2, 0) is 4.74 Å². The second-order valence-corrected chi connectivity index (χ2v) is 5.74. The monoisotopic (exact) mass is 372 g/mol. The first kappa shape index (κ1) is 17.9. The summed E-state index contributed by atoms with van der Waals surface area (Å²) >= 11 is 6.46. The van der Waals surface area contributed by atoms with Crippen LogP contribution in [0.2, 0.25) is 5.02 Å². The molecule has 0 saturated carbocycles. The van der Waals surface area contributed by atoms with E-state index in [0.717, 1.165) is 0 Å². The van der Waals surface area contributed by atoms with E-state index in [0.29, 0.717) is 38.8 Å². The van der Waals surface area contributed by atoms with Gasteiger partial charge >= 0.3 is 5.97 Å². The van der Waals surface area contributed by atoms with Gasteiger partial charge in [0.2, 0.25) is 5.88 Å². The number of pyridine rings is 2. The van der Waals surface area contributed by atoms with Crippen LogP contribution in [0.4, 0.5) is 0 Å². The first-order valence-corrected chi connectivity index (χ1v) is 8.31. The summed E-state index contributed by atoms with van der Waals surface area (Å²) in [5, 5.41) is 0.423. The highest BCUT2D eigenvalue weighted by Crippen LogP contribution is 2.37. The van der Waals surface area contributed by atoms with Gasteiger partial charge in [0.1, 0.15) is 11.3 Å². The third-order valence-corrected chi connectivity index (χ3v) is 4.15. The number of methoxy groups -OCH3 is 2. The predicted molar refractivity (Wildman–Crippen MR) is 99.0 cm³/mol. The molecule has 0 spiro atoms. The summed E-state index contributed by atoms with van der Waals surface area (Å²) in [5.74, 6) is 0.528. The maximum atomic E-state index is 12.5. The summed E-state index contributed by atoms with van der Waals surface area (Å²) in [5.41, 5.74) is 2.57. The highest BCUT2D eigenvalue weighted by atomic mass is 35.5. The molecular weight excluding hydrogens is 356 g/mol. The van der Waals surface area contributed by atoms with Crippen LogP contribution in [0.1, 0.15) is 17.3 Å². The molecule has 0 unspecified atom stereocenters. The number of carbonyl (C=O) groups is 1. The number of benzene rings is 1. The predicted octanol–water partition coefficient (Wildman–Crippen LogP) is 4.14. The van der Waals surface area contributed by atoms with Crippen LogP contribution < -0.4 is 9.47 Å². The summed E-state index contributed by atoms with van der Waals surface area (Å²) in [6.07, 6.45) is 1.48. The lowest BCUT2D eigenvalue weighted by atomic mass is 9.99. The van der Waals surface area contributed by atoms with Gasteiger partial charge in [-0.2, -0.15) is 0 Å². The van der Waals surface area contributed by atoms with Crippen molar-refractivity contribution in [3.05, 3.63) is 47.1 Å². The van der Waals surface area contributed by atoms with Crippen LogP contribution in [0.25, 0.3) is 22.2 Å². The summed E-state index contributed by atoms with van der Waals surface area (Å²) < 4.78 is 15.6. The van der Waals surface area contributed by atoms with E-state index in [1.165, 1.54) is 13.3 Å². The van der Waals surface area contributed by atoms with Gasteiger partial charge in [-0.25, -0.2) is 9.78 Å². The van der Waals surface area contributed by atoms with Crippen LogP contribution >= 0.6 is 11.6 Å². The molecule has 0 radical (unpaired) electrons. The van der Waals surface area contributed by atoms with Crippen molar-refractivity contribution in [3.63, 3.8) is 0 Å². The first-order valence-electron chi connectivity index (χ1n) is 7.93. The van der Waals surface area contributed by atoms with Crippen molar-refractivity contribution in [1.29, 1.82) is 0 Å². The zero-order chi connectivity index (χ0) is 18.7. The lowest BCUT2D eigenvalue weighted by Crippen LogP contribution is -2.08. The quantitative estimate of drug-likeness (QED) is 0.627. The molecule has 0 saturated heterocycles. The van der Waals surface area contributed by atoms with Gasteiger partial charge in [0.05, 0.1) is 36.9 Å². The Balaban J connectivity index is 2.34. The molecule has 3 aromatic rings. The fourth-order valence-electron chi connectivity index (χ4n) is 2.62. The Kier molecular flexibility index (Phi) is 5.23. The molecule has 3 rings (SSSR count). The van der Waals surface area contributed by atoms with E-state index in [1.807, 2.05) is 0 Å². The Morgan fingerprint density at radius 2 is 1.96 bits per heavy atom. The average Bonchev–Trinajstić information content (AvgIpc) is 2.66. The minimum atomic E-state index is -0.492. The number of rotatable bonds is 5. The smallest absolute Gasteiger partial charge is 0.340 e.